The highest BCUT2D eigenvalue weighted by atomic mass is 16.5. The third kappa shape index (κ3) is 6.24. The van der Waals surface area contributed by atoms with Gasteiger partial charge in [-0.05, 0) is 47.9 Å². The summed E-state index contributed by atoms with van der Waals surface area (Å²) in [5.41, 5.74) is 10.8. The summed E-state index contributed by atoms with van der Waals surface area (Å²) in [5.74, 6) is 2.32. The average Bonchev–Trinajstić information content (AvgIpc) is 3.36. The van der Waals surface area contributed by atoms with Crippen LogP contribution in [0.1, 0.15) is 52.6 Å². The standard InChI is InChI=1S/C36H38N6O4/c1-22(37)41-16-14-27(15-17-41)46-34-19-32-31(18-33(34)45-21-24-8-10-25(11-9-24)36(43)44-3)40-23(2)42(32)20-26-12-13-30(35(38)39)29-7-5-4-6-28(26)29/h4-13,18-19,27,37H,14-17,20-21H2,1-3H3,(H3,38,39). The molecule has 1 aliphatic heterocycles. The average molecular weight is 619 g/mol. The maximum Gasteiger partial charge on any atom is 0.337 e. The quantitative estimate of drug-likeness (QED) is 0.104. The van der Waals surface area contributed by atoms with Gasteiger partial charge in [0.15, 0.2) is 11.5 Å². The Kier molecular flexibility index (Phi) is 8.61. The van der Waals surface area contributed by atoms with Gasteiger partial charge in [0.05, 0.1) is 29.5 Å². The smallest absolute Gasteiger partial charge is 0.337 e. The molecule has 1 fully saturated rings. The number of likely N-dealkylation sites (tertiary alicyclic amines) is 1. The summed E-state index contributed by atoms with van der Waals surface area (Å²) in [6.07, 6.45) is 1.58. The van der Waals surface area contributed by atoms with Crippen molar-refractivity contribution < 1.29 is 19.0 Å². The number of benzene rings is 4. The zero-order valence-electron chi connectivity index (χ0n) is 26.3. The zero-order valence-corrected chi connectivity index (χ0v) is 26.3. The van der Waals surface area contributed by atoms with E-state index in [2.05, 4.69) is 15.5 Å². The number of imidazole rings is 1. The van der Waals surface area contributed by atoms with Gasteiger partial charge in [-0.3, -0.25) is 10.8 Å². The Labute approximate surface area is 267 Å². The van der Waals surface area contributed by atoms with Crippen LogP contribution in [0.4, 0.5) is 0 Å². The maximum absolute atomic E-state index is 11.9. The summed E-state index contributed by atoms with van der Waals surface area (Å²) in [6, 6.07) is 23.1. The van der Waals surface area contributed by atoms with Crippen molar-refractivity contribution in [3.63, 3.8) is 0 Å². The van der Waals surface area contributed by atoms with Crippen LogP contribution in [0.5, 0.6) is 11.5 Å². The van der Waals surface area contributed by atoms with Gasteiger partial charge in [-0.15, -0.1) is 0 Å². The first-order chi connectivity index (χ1) is 22.2. The van der Waals surface area contributed by atoms with Crippen LogP contribution in [0.2, 0.25) is 0 Å². The number of rotatable bonds is 9. The number of aromatic nitrogens is 2. The summed E-state index contributed by atoms with van der Waals surface area (Å²) in [7, 11) is 1.36. The Morgan fingerprint density at radius 2 is 1.70 bits per heavy atom. The lowest BCUT2D eigenvalue weighted by atomic mass is 9.99. The van der Waals surface area contributed by atoms with Gasteiger partial charge < -0.3 is 29.4 Å². The van der Waals surface area contributed by atoms with Gasteiger partial charge in [0.25, 0.3) is 0 Å². The topological polar surface area (TPSA) is 140 Å². The Bertz CT molecular complexity index is 1940. The number of nitrogens with one attached hydrogen (secondary N) is 2. The van der Waals surface area contributed by atoms with E-state index in [-0.39, 0.29) is 24.5 Å². The number of hydrogen-bond donors (Lipinski definition) is 3. The third-order valence-corrected chi connectivity index (χ3v) is 8.62. The molecule has 1 aromatic heterocycles. The van der Waals surface area contributed by atoms with Crippen LogP contribution in [-0.2, 0) is 17.9 Å². The second-order valence-corrected chi connectivity index (χ2v) is 11.6. The van der Waals surface area contributed by atoms with Crippen molar-refractivity contribution in [1.82, 2.24) is 14.5 Å². The Balaban J connectivity index is 1.34. The number of hydrogen-bond acceptors (Lipinski definition) is 7. The fraction of sp³-hybridized carbons (Fsp3) is 0.278. The lowest BCUT2D eigenvalue weighted by Gasteiger charge is -2.33. The predicted octanol–water partition coefficient (Wildman–Crippen LogP) is 6.04. The van der Waals surface area contributed by atoms with Gasteiger partial charge >= 0.3 is 5.97 Å². The van der Waals surface area contributed by atoms with Crippen molar-refractivity contribution in [1.29, 1.82) is 10.8 Å². The molecule has 4 aromatic carbocycles. The Morgan fingerprint density at radius 1 is 0.978 bits per heavy atom. The number of methoxy groups -OCH3 is 1. The van der Waals surface area contributed by atoms with Gasteiger partial charge in [0.2, 0.25) is 0 Å². The molecule has 0 radical (unpaired) electrons. The van der Waals surface area contributed by atoms with E-state index in [1.807, 2.05) is 68.4 Å². The summed E-state index contributed by atoms with van der Waals surface area (Å²) < 4.78 is 20.0. The van der Waals surface area contributed by atoms with E-state index in [0.29, 0.717) is 35.0 Å². The molecule has 5 aromatic rings. The number of aryl methyl sites for hydroxylation is 1. The number of amidine groups is 2. The zero-order chi connectivity index (χ0) is 32.4. The van der Waals surface area contributed by atoms with Crippen molar-refractivity contribution in [3.8, 4) is 11.5 Å². The molecule has 6 rings (SSSR count). The number of fused-ring (bicyclic) bond motifs is 2. The molecule has 0 amide bonds. The molecule has 0 aliphatic carbocycles. The SMILES string of the molecule is COC(=O)c1ccc(COc2cc3nc(C)n(Cc4ccc(C(=N)N)c5ccccc45)c3cc2OC2CCN(C(C)=N)CC2)cc1. The molecule has 0 atom stereocenters. The minimum atomic E-state index is -0.383. The maximum atomic E-state index is 11.9. The first-order valence-electron chi connectivity index (χ1n) is 15.3. The molecule has 0 bridgehead atoms. The highest BCUT2D eigenvalue weighted by Crippen LogP contribution is 2.36. The molecule has 1 aliphatic rings. The minimum Gasteiger partial charge on any atom is -0.486 e. The molecule has 236 valence electrons. The molecule has 10 nitrogen and oxygen atoms in total. The Morgan fingerprint density at radius 3 is 2.37 bits per heavy atom. The van der Waals surface area contributed by atoms with Crippen molar-refractivity contribution in [3.05, 3.63) is 101 Å². The number of nitrogen functional groups attached to an aromatic ring is 1. The highest BCUT2D eigenvalue weighted by Gasteiger charge is 2.24. The van der Waals surface area contributed by atoms with Crippen LogP contribution in [0.3, 0.4) is 0 Å². The third-order valence-electron chi connectivity index (χ3n) is 8.62. The number of carbonyl (C=O) groups excluding carboxylic acids is 1. The summed E-state index contributed by atoms with van der Waals surface area (Å²) in [5, 5.41) is 18.0. The molecule has 0 unspecified atom stereocenters. The van der Waals surface area contributed by atoms with E-state index < -0.39 is 0 Å². The van der Waals surface area contributed by atoms with Crippen LogP contribution in [0.25, 0.3) is 21.8 Å². The number of ether oxygens (including phenoxy) is 3. The molecule has 2 heterocycles. The molecular weight excluding hydrogens is 580 g/mol. The molecular formula is C36H38N6O4. The second-order valence-electron chi connectivity index (χ2n) is 11.6. The van der Waals surface area contributed by atoms with Crippen LogP contribution in [0.15, 0.2) is 72.8 Å². The van der Waals surface area contributed by atoms with E-state index in [4.69, 9.17) is 35.7 Å². The minimum absolute atomic E-state index is 0.0183. The molecule has 10 heteroatoms. The molecule has 46 heavy (non-hydrogen) atoms. The summed E-state index contributed by atoms with van der Waals surface area (Å²) in [6.45, 7) is 6.20. The predicted molar refractivity (Wildman–Crippen MR) is 179 cm³/mol. The second kappa shape index (κ2) is 12.9. The van der Waals surface area contributed by atoms with Crippen LogP contribution in [-0.4, -0.2) is 58.4 Å². The van der Waals surface area contributed by atoms with Gasteiger partial charge in [-0.2, -0.15) is 0 Å². The van der Waals surface area contributed by atoms with E-state index >= 15 is 0 Å². The monoisotopic (exact) mass is 618 g/mol. The number of nitrogens with two attached hydrogens (primary N) is 1. The van der Waals surface area contributed by atoms with Gasteiger partial charge in [0, 0.05) is 50.2 Å². The van der Waals surface area contributed by atoms with E-state index in [9.17, 15) is 4.79 Å². The van der Waals surface area contributed by atoms with E-state index in [1.165, 1.54) is 7.11 Å². The largest absolute Gasteiger partial charge is 0.486 e. The summed E-state index contributed by atoms with van der Waals surface area (Å²) in [4.78, 5) is 18.8. The van der Waals surface area contributed by atoms with Crippen molar-refractivity contribution in [2.75, 3.05) is 20.2 Å². The van der Waals surface area contributed by atoms with Gasteiger partial charge in [-0.1, -0.05) is 48.5 Å². The number of carbonyl (C=O) groups is 1. The van der Waals surface area contributed by atoms with Crippen molar-refractivity contribution in [2.45, 2.75) is 45.9 Å². The molecule has 1 saturated heterocycles. The Hall–Kier alpha value is -5.38. The molecule has 0 spiro atoms. The fourth-order valence-corrected chi connectivity index (χ4v) is 6.07. The molecule has 4 N–H and O–H groups in total. The lowest BCUT2D eigenvalue weighted by molar-refractivity contribution is 0.0600. The first-order valence-corrected chi connectivity index (χ1v) is 15.3. The van der Waals surface area contributed by atoms with Crippen molar-refractivity contribution in [2.24, 2.45) is 5.73 Å². The van der Waals surface area contributed by atoms with E-state index in [1.54, 1.807) is 12.1 Å². The fourth-order valence-electron chi connectivity index (χ4n) is 6.07. The summed E-state index contributed by atoms with van der Waals surface area (Å²) >= 11 is 0. The van der Waals surface area contributed by atoms with Crippen LogP contribution < -0.4 is 15.2 Å². The van der Waals surface area contributed by atoms with Crippen LogP contribution in [0, 0.1) is 17.7 Å². The number of piperidine rings is 1. The number of nitrogens with zero attached hydrogens (tertiary/aromatic N) is 3. The normalized spacial score (nSPS) is 13.6. The lowest BCUT2D eigenvalue weighted by Crippen LogP contribution is -2.40. The van der Waals surface area contributed by atoms with Crippen LogP contribution >= 0.6 is 0 Å². The highest BCUT2D eigenvalue weighted by molar-refractivity contribution is 6.08. The van der Waals surface area contributed by atoms with Gasteiger partial charge in [0.1, 0.15) is 24.4 Å². The van der Waals surface area contributed by atoms with Gasteiger partial charge in [-0.25, -0.2) is 9.78 Å². The number of esters is 1. The first kappa shape index (κ1) is 30.6. The van der Waals surface area contributed by atoms with Crippen molar-refractivity contribution >= 4 is 39.4 Å². The molecule has 0 saturated carbocycles. The van der Waals surface area contributed by atoms with E-state index in [0.717, 1.165) is 64.7 Å².